The van der Waals surface area contributed by atoms with Crippen LogP contribution in [0.1, 0.15) is 168 Å². The summed E-state index contributed by atoms with van der Waals surface area (Å²) in [7, 11) is 0. The summed E-state index contributed by atoms with van der Waals surface area (Å²) >= 11 is 0. The van der Waals surface area contributed by atoms with Crippen LogP contribution in [0.4, 0.5) is 0 Å². The van der Waals surface area contributed by atoms with E-state index in [1.165, 1.54) is 64.2 Å². The highest BCUT2D eigenvalue weighted by molar-refractivity contribution is 5.70. The Kier molecular flexibility index (Phi) is 33.6. The van der Waals surface area contributed by atoms with Gasteiger partial charge < -0.3 is 14.6 Å². The van der Waals surface area contributed by atoms with Crippen molar-refractivity contribution in [1.29, 1.82) is 0 Å². The third kappa shape index (κ3) is 32.8. The molecular weight excluding hydrogens is 548 g/mol. The van der Waals surface area contributed by atoms with E-state index in [9.17, 15) is 14.7 Å². The third-order valence-corrected chi connectivity index (χ3v) is 7.64. The summed E-state index contributed by atoms with van der Waals surface area (Å²) in [5.74, 6) is -0.619. The number of carbonyl (C=O) groups excluding carboxylic acids is 2. The maximum Gasteiger partial charge on any atom is 0.306 e. The van der Waals surface area contributed by atoms with Crippen LogP contribution in [-0.2, 0) is 19.1 Å². The molecule has 1 atom stereocenters. The molecule has 5 nitrogen and oxygen atoms in total. The minimum atomic E-state index is -0.778. The highest BCUT2D eigenvalue weighted by atomic mass is 16.6. The maximum atomic E-state index is 12.1. The normalized spacial score (nSPS) is 12.7. The van der Waals surface area contributed by atoms with Crippen LogP contribution in [0.2, 0.25) is 0 Å². The Balaban J connectivity index is 3.63. The molecule has 0 spiro atoms. The molecule has 1 N–H and O–H groups in total. The largest absolute Gasteiger partial charge is 0.462 e. The lowest BCUT2D eigenvalue weighted by molar-refractivity contribution is -0.161. The molecule has 0 bridgehead atoms. The quantitative estimate of drug-likeness (QED) is 0.0462. The second kappa shape index (κ2) is 35.3. The summed E-state index contributed by atoms with van der Waals surface area (Å²) in [6.07, 6.45) is 43.0. The zero-order chi connectivity index (χ0) is 32.2. The molecule has 0 amide bonds. The van der Waals surface area contributed by atoms with Gasteiger partial charge in [-0.05, 0) is 51.4 Å². The van der Waals surface area contributed by atoms with Gasteiger partial charge >= 0.3 is 11.9 Å². The van der Waals surface area contributed by atoms with Gasteiger partial charge in [0.25, 0.3) is 0 Å². The molecule has 0 aromatic carbocycles. The summed E-state index contributed by atoms with van der Waals surface area (Å²) in [5.41, 5.74) is 0. The molecular formula is C39H68O5. The Morgan fingerprint density at radius 3 is 1.48 bits per heavy atom. The number of aliphatic hydroxyl groups excluding tert-OH is 1. The van der Waals surface area contributed by atoms with E-state index in [0.29, 0.717) is 12.8 Å². The van der Waals surface area contributed by atoms with Crippen molar-refractivity contribution in [2.24, 2.45) is 0 Å². The SMILES string of the molecule is CCC=CCC=CCC=CCC=CCCCCCCC(=O)OC[C@H](CO)OC(=O)CCCCCCCCCCCCCCC. The fraction of sp³-hybridized carbons (Fsp3) is 0.744. The molecule has 0 aliphatic rings. The molecule has 0 aliphatic heterocycles. The number of aliphatic hydroxyl groups is 1. The van der Waals surface area contributed by atoms with E-state index in [0.717, 1.165) is 77.0 Å². The van der Waals surface area contributed by atoms with Gasteiger partial charge in [0.1, 0.15) is 6.61 Å². The zero-order valence-electron chi connectivity index (χ0n) is 28.7. The number of rotatable bonds is 32. The van der Waals surface area contributed by atoms with E-state index in [1.54, 1.807) is 0 Å². The Morgan fingerprint density at radius 2 is 0.977 bits per heavy atom. The van der Waals surface area contributed by atoms with E-state index in [1.807, 2.05) is 0 Å². The topological polar surface area (TPSA) is 72.8 Å². The van der Waals surface area contributed by atoms with E-state index in [4.69, 9.17) is 9.47 Å². The second-order valence-electron chi connectivity index (χ2n) is 11.9. The van der Waals surface area contributed by atoms with Gasteiger partial charge in [0.15, 0.2) is 6.10 Å². The van der Waals surface area contributed by atoms with Gasteiger partial charge in [-0.3, -0.25) is 9.59 Å². The molecule has 0 saturated carbocycles. The van der Waals surface area contributed by atoms with Gasteiger partial charge in [-0.2, -0.15) is 0 Å². The van der Waals surface area contributed by atoms with E-state index < -0.39 is 6.10 Å². The van der Waals surface area contributed by atoms with Crippen molar-refractivity contribution >= 4 is 11.9 Å². The maximum absolute atomic E-state index is 12.1. The lowest BCUT2D eigenvalue weighted by Crippen LogP contribution is -2.28. The fourth-order valence-corrected chi connectivity index (χ4v) is 4.90. The summed E-state index contributed by atoms with van der Waals surface area (Å²) in [4.78, 5) is 24.2. The zero-order valence-corrected chi connectivity index (χ0v) is 28.7. The van der Waals surface area contributed by atoms with E-state index >= 15 is 0 Å². The van der Waals surface area contributed by atoms with Crippen LogP contribution < -0.4 is 0 Å². The molecule has 0 aromatic rings. The predicted octanol–water partition coefficient (Wildman–Crippen LogP) is 11.1. The first-order chi connectivity index (χ1) is 21.6. The lowest BCUT2D eigenvalue weighted by Gasteiger charge is -2.15. The number of allylic oxidation sites excluding steroid dienone is 8. The van der Waals surface area contributed by atoms with Crippen LogP contribution in [0.5, 0.6) is 0 Å². The van der Waals surface area contributed by atoms with Crippen LogP contribution in [0.3, 0.4) is 0 Å². The Bertz CT molecular complexity index is 752. The molecule has 0 aromatic heterocycles. The van der Waals surface area contributed by atoms with Gasteiger partial charge in [-0.1, -0.05) is 152 Å². The predicted molar refractivity (Wildman–Crippen MR) is 187 cm³/mol. The van der Waals surface area contributed by atoms with E-state index in [2.05, 4.69) is 62.5 Å². The van der Waals surface area contributed by atoms with Crippen molar-refractivity contribution in [3.8, 4) is 0 Å². The molecule has 0 heterocycles. The van der Waals surface area contributed by atoms with Crippen molar-refractivity contribution in [3.05, 3.63) is 48.6 Å². The monoisotopic (exact) mass is 617 g/mol. The van der Waals surface area contributed by atoms with Crippen LogP contribution >= 0.6 is 0 Å². The van der Waals surface area contributed by atoms with Crippen LogP contribution in [0, 0.1) is 0 Å². The highest BCUT2D eigenvalue weighted by Gasteiger charge is 2.16. The summed E-state index contributed by atoms with van der Waals surface area (Å²) in [6.45, 7) is 3.99. The van der Waals surface area contributed by atoms with Gasteiger partial charge in [0.2, 0.25) is 0 Å². The Morgan fingerprint density at radius 1 is 0.545 bits per heavy atom. The number of hydrogen-bond acceptors (Lipinski definition) is 5. The first-order valence-corrected chi connectivity index (χ1v) is 18.2. The minimum Gasteiger partial charge on any atom is -0.462 e. The summed E-state index contributed by atoms with van der Waals surface area (Å²) < 4.78 is 10.6. The molecule has 0 rings (SSSR count). The summed E-state index contributed by atoms with van der Waals surface area (Å²) in [5, 5.41) is 9.52. The van der Waals surface area contributed by atoms with Gasteiger partial charge in [-0.25, -0.2) is 0 Å². The smallest absolute Gasteiger partial charge is 0.306 e. The molecule has 0 fully saturated rings. The molecule has 0 unspecified atom stereocenters. The molecule has 0 saturated heterocycles. The second-order valence-corrected chi connectivity index (χ2v) is 11.9. The number of hydrogen-bond donors (Lipinski definition) is 1. The first kappa shape index (κ1) is 41.9. The molecule has 0 aliphatic carbocycles. The van der Waals surface area contributed by atoms with Crippen molar-refractivity contribution in [3.63, 3.8) is 0 Å². The number of esters is 2. The average Bonchev–Trinajstić information content (AvgIpc) is 3.02. The standard InChI is InChI=1S/C39H68O5/c1-3-5-7-9-11-13-15-17-18-19-20-22-23-25-27-29-31-33-38(41)43-36-37(35-40)44-39(42)34-32-30-28-26-24-21-16-14-12-10-8-6-4-2/h5,7,11,13,17-18,20,22,37,40H,3-4,6,8-10,12,14-16,19,21,23-36H2,1-2H3/t37-/m0/s1. The Hall–Kier alpha value is -2.14. The Labute approximate surface area is 271 Å². The summed E-state index contributed by atoms with van der Waals surface area (Å²) in [6, 6.07) is 0. The van der Waals surface area contributed by atoms with Crippen molar-refractivity contribution in [1.82, 2.24) is 0 Å². The van der Waals surface area contributed by atoms with Gasteiger partial charge in [0.05, 0.1) is 6.61 Å². The highest BCUT2D eigenvalue weighted by Crippen LogP contribution is 2.13. The first-order valence-electron chi connectivity index (χ1n) is 18.2. The molecule has 254 valence electrons. The van der Waals surface area contributed by atoms with Gasteiger partial charge in [0, 0.05) is 12.8 Å². The lowest BCUT2D eigenvalue weighted by atomic mass is 10.0. The molecule has 5 heteroatoms. The number of unbranched alkanes of at least 4 members (excludes halogenated alkanes) is 16. The van der Waals surface area contributed by atoms with Crippen LogP contribution in [-0.4, -0.2) is 36.4 Å². The van der Waals surface area contributed by atoms with Crippen molar-refractivity contribution in [2.75, 3.05) is 13.2 Å². The van der Waals surface area contributed by atoms with Crippen LogP contribution in [0.15, 0.2) is 48.6 Å². The van der Waals surface area contributed by atoms with Crippen molar-refractivity contribution in [2.45, 2.75) is 174 Å². The van der Waals surface area contributed by atoms with Crippen LogP contribution in [0.25, 0.3) is 0 Å². The van der Waals surface area contributed by atoms with E-state index in [-0.39, 0.29) is 25.2 Å². The third-order valence-electron chi connectivity index (χ3n) is 7.64. The number of carbonyl (C=O) groups is 2. The fourth-order valence-electron chi connectivity index (χ4n) is 4.90. The molecule has 0 radical (unpaired) electrons. The molecule has 44 heavy (non-hydrogen) atoms. The average molecular weight is 617 g/mol. The number of ether oxygens (including phenoxy) is 2. The van der Waals surface area contributed by atoms with Gasteiger partial charge in [-0.15, -0.1) is 0 Å². The van der Waals surface area contributed by atoms with Crippen molar-refractivity contribution < 1.29 is 24.2 Å². The minimum absolute atomic E-state index is 0.0779.